The lowest BCUT2D eigenvalue weighted by Crippen LogP contribution is -2.37. The number of nitrogens with zero attached hydrogens (tertiary/aromatic N) is 3. The Labute approximate surface area is 205 Å². The monoisotopic (exact) mass is 492 g/mol. The molecule has 1 saturated heterocycles. The lowest BCUT2D eigenvalue weighted by Gasteiger charge is -2.26. The van der Waals surface area contributed by atoms with Crippen LogP contribution >= 0.6 is 23.4 Å². The van der Waals surface area contributed by atoms with Crippen molar-refractivity contribution in [2.24, 2.45) is 0 Å². The molecule has 0 atom stereocenters. The van der Waals surface area contributed by atoms with Gasteiger partial charge in [-0.1, -0.05) is 12.1 Å². The van der Waals surface area contributed by atoms with Crippen LogP contribution in [0.1, 0.15) is 38.4 Å². The van der Waals surface area contributed by atoms with Crippen LogP contribution in [0.4, 0.5) is 10.5 Å². The van der Waals surface area contributed by atoms with Gasteiger partial charge in [0.15, 0.2) is 0 Å². The molecule has 1 fully saturated rings. The Morgan fingerprint density at radius 1 is 1.27 bits per heavy atom. The third kappa shape index (κ3) is 9.49. The molecule has 2 heterocycles. The smallest absolute Gasteiger partial charge is 0.412 e. The summed E-state index contributed by atoms with van der Waals surface area (Å²) in [4.78, 5) is 24.2. The molecule has 1 aromatic carbocycles. The number of nitrogens with one attached hydrogen (secondary N) is 1. The molecule has 180 valence electrons. The van der Waals surface area contributed by atoms with Gasteiger partial charge in [-0.2, -0.15) is 0 Å². The quantitative estimate of drug-likeness (QED) is 0.386. The van der Waals surface area contributed by atoms with E-state index in [0.717, 1.165) is 79.7 Å². The molecule has 9 heteroatoms. The van der Waals surface area contributed by atoms with Crippen molar-refractivity contribution in [2.45, 2.75) is 50.5 Å². The van der Waals surface area contributed by atoms with Crippen LogP contribution in [0.25, 0.3) is 0 Å². The lowest BCUT2D eigenvalue weighted by atomic mass is 10.1. The van der Waals surface area contributed by atoms with Crippen LogP contribution in [0, 0.1) is 0 Å². The second kappa shape index (κ2) is 12.6. The van der Waals surface area contributed by atoms with Gasteiger partial charge in [-0.3, -0.25) is 10.2 Å². The Morgan fingerprint density at radius 3 is 2.82 bits per heavy atom. The van der Waals surface area contributed by atoms with E-state index in [0.29, 0.717) is 0 Å². The molecule has 0 bridgehead atoms. The minimum Gasteiger partial charge on any atom is -0.444 e. The fraction of sp³-hybridized carbons (Fsp3) is 0.542. The summed E-state index contributed by atoms with van der Waals surface area (Å²) in [6.45, 7) is 10.2. The largest absolute Gasteiger partial charge is 0.444 e. The summed E-state index contributed by atoms with van der Waals surface area (Å²) in [5.41, 5.74) is 2.33. The third-order valence-corrected chi connectivity index (χ3v) is 6.24. The van der Waals surface area contributed by atoms with E-state index < -0.39 is 11.7 Å². The molecule has 3 rings (SSSR count). The molecule has 0 radical (unpaired) electrons. The molecular formula is C24H33ClN4O3S. The van der Waals surface area contributed by atoms with E-state index in [1.165, 1.54) is 0 Å². The summed E-state index contributed by atoms with van der Waals surface area (Å²) in [7, 11) is 0. The number of aromatic nitrogens is 2. The van der Waals surface area contributed by atoms with Gasteiger partial charge < -0.3 is 9.47 Å². The maximum absolute atomic E-state index is 12.0. The van der Waals surface area contributed by atoms with E-state index in [9.17, 15) is 4.79 Å². The standard InChI is InChI=1S/C24H33ClN4O3S/c1-24(2,3)32-23(30)27-19-8-4-6-18(16-19)7-5-9-20-21(17-26-22(25)28-20)33-15-12-29-10-13-31-14-11-29/h4,6,8,16-17H,5,7,9-15H2,1-3H3,(H,27,30). The number of amides is 1. The summed E-state index contributed by atoms with van der Waals surface area (Å²) in [6.07, 6.45) is 3.98. The number of anilines is 1. The highest BCUT2D eigenvalue weighted by atomic mass is 35.5. The van der Waals surface area contributed by atoms with Crippen molar-refractivity contribution in [2.75, 3.05) is 43.9 Å². The van der Waals surface area contributed by atoms with Crippen LogP contribution < -0.4 is 5.32 Å². The molecular weight excluding hydrogens is 460 g/mol. The number of ether oxygens (including phenoxy) is 2. The van der Waals surface area contributed by atoms with Crippen molar-refractivity contribution in [3.05, 3.63) is 47.0 Å². The molecule has 0 saturated carbocycles. The fourth-order valence-corrected chi connectivity index (χ4v) is 4.64. The number of aryl methyl sites for hydroxylation is 2. The van der Waals surface area contributed by atoms with Crippen LogP contribution in [0.3, 0.4) is 0 Å². The Bertz CT molecular complexity index is 917. The molecule has 1 aliphatic heterocycles. The summed E-state index contributed by atoms with van der Waals surface area (Å²) in [5.74, 6) is 0.983. The van der Waals surface area contributed by atoms with Gasteiger partial charge in [-0.25, -0.2) is 14.8 Å². The van der Waals surface area contributed by atoms with Crippen LogP contribution in [-0.4, -0.2) is 65.2 Å². The minimum absolute atomic E-state index is 0.283. The SMILES string of the molecule is CC(C)(C)OC(=O)Nc1cccc(CCCc2nc(Cl)ncc2SCCN2CCOCC2)c1. The van der Waals surface area contributed by atoms with Crippen LogP contribution in [0.2, 0.25) is 5.28 Å². The zero-order valence-electron chi connectivity index (χ0n) is 19.6. The van der Waals surface area contributed by atoms with Crippen LogP contribution in [0.5, 0.6) is 0 Å². The molecule has 33 heavy (non-hydrogen) atoms. The van der Waals surface area contributed by atoms with Crippen molar-refractivity contribution in [1.82, 2.24) is 14.9 Å². The zero-order chi connectivity index (χ0) is 23.7. The predicted molar refractivity (Wildman–Crippen MR) is 133 cm³/mol. The van der Waals surface area contributed by atoms with E-state index in [2.05, 4.69) is 26.3 Å². The number of benzene rings is 1. The van der Waals surface area contributed by atoms with Crippen LogP contribution in [-0.2, 0) is 22.3 Å². The van der Waals surface area contributed by atoms with Gasteiger partial charge in [0.1, 0.15) is 5.60 Å². The summed E-state index contributed by atoms with van der Waals surface area (Å²) in [5, 5.41) is 3.08. The van der Waals surface area contributed by atoms with E-state index in [4.69, 9.17) is 21.1 Å². The molecule has 2 aromatic rings. The molecule has 7 nitrogen and oxygen atoms in total. The molecule has 0 unspecified atom stereocenters. The normalized spacial score (nSPS) is 14.8. The number of carbonyl (C=O) groups excluding carboxylic acids is 1. The highest BCUT2D eigenvalue weighted by Crippen LogP contribution is 2.24. The summed E-state index contributed by atoms with van der Waals surface area (Å²) < 4.78 is 10.7. The number of hydrogen-bond acceptors (Lipinski definition) is 7. The first-order valence-electron chi connectivity index (χ1n) is 11.3. The maximum atomic E-state index is 12.0. The van der Waals surface area contributed by atoms with E-state index >= 15 is 0 Å². The van der Waals surface area contributed by atoms with Crippen molar-refractivity contribution < 1.29 is 14.3 Å². The predicted octanol–water partition coefficient (Wildman–Crippen LogP) is 5.08. The number of morpholine rings is 1. The van der Waals surface area contributed by atoms with Crippen molar-refractivity contribution >= 4 is 35.1 Å². The molecule has 0 spiro atoms. The Hall–Kier alpha value is -1.87. The second-order valence-corrected chi connectivity index (χ2v) is 10.4. The fourth-order valence-electron chi connectivity index (χ4n) is 3.48. The first-order chi connectivity index (χ1) is 15.8. The van der Waals surface area contributed by atoms with E-state index in [1.54, 1.807) is 11.8 Å². The molecule has 1 aromatic heterocycles. The Morgan fingerprint density at radius 2 is 2.06 bits per heavy atom. The zero-order valence-corrected chi connectivity index (χ0v) is 21.2. The lowest BCUT2D eigenvalue weighted by molar-refractivity contribution is 0.0410. The summed E-state index contributed by atoms with van der Waals surface area (Å²) in [6, 6.07) is 7.84. The van der Waals surface area contributed by atoms with Gasteiger partial charge in [0.25, 0.3) is 0 Å². The third-order valence-electron chi connectivity index (χ3n) is 5.02. The number of halogens is 1. The molecule has 1 N–H and O–H groups in total. The Balaban J connectivity index is 1.50. The minimum atomic E-state index is -0.529. The van der Waals surface area contributed by atoms with Gasteiger partial charge in [-0.15, -0.1) is 11.8 Å². The topological polar surface area (TPSA) is 76.6 Å². The van der Waals surface area contributed by atoms with Gasteiger partial charge in [-0.05, 0) is 69.3 Å². The maximum Gasteiger partial charge on any atom is 0.412 e. The van der Waals surface area contributed by atoms with Gasteiger partial charge in [0, 0.05) is 42.2 Å². The van der Waals surface area contributed by atoms with Crippen molar-refractivity contribution in [3.63, 3.8) is 0 Å². The second-order valence-electron chi connectivity index (χ2n) is 8.93. The summed E-state index contributed by atoms with van der Waals surface area (Å²) >= 11 is 7.86. The molecule has 1 aliphatic rings. The first-order valence-corrected chi connectivity index (χ1v) is 12.7. The molecule has 1 amide bonds. The highest BCUT2D eigenvalue weighted by Gasteiger charge is 2.16. The van der Waals surface area contributed by atoms with Gasteiger partial charge in [0.05, 0.1) is 18.9 Å². The number of hydrogen-bond donors (Lipinski definition) is 1. The number of carbonyl (C=O) groups is 1. The highest BCUT2D eigenvalue weighted by molar-refractivity contribution is 7.99. The van der Waals surface area contributed by atoms with Gasteiger partial charge in [0.2, 0.25) is 5.28 Å². The van der Waals surface area contributed by atoms with Gasteiger partial charge >= 0.3 is 6.09 Å². The average Bonchev–Trinajstić information content (AvgIpc) is 2.75. The number of thioether (sulfide) groups is 1. The van der Waals surface area contributed by atoms with E-state index in [-0.39, 0.29) is 5.28 Å². The number of rotatable bonds is 9. The molecule has 0 aliphatic carbocycles. The Kier molecular flexibility index (Phi) is 9.79. The van der Waals surface area contributed by atoms with E-state index in [1.807, 2.05) is 45.2 Å². The van der Waals surface area contributed by atoms with Crippen molar-refractivity contribution in [3.8, 4) is 0 Å². The average molecular weight is 493 g/mol. The first kappa shape index (κ1) is 25.7. The van der Waals surface area contributed by atoms with Crippen LogP contribution in [0.15, 0.2) is 35.4 Å². The van der Waals surface area contributed by atoms with Crippen molar-refractivity contribution in [1.29, 1.82) is 0 Å².